The van der Waals surface area contributed by atoms with Gasteiger partial charge in [-0.3, -0.25) is 4.79 Å². The molecule has 0 spiro atoms. The molecule has 3 aromatic rings. The molecule has 2 aromatic carbocycles. The fraction of sp³-hybridized carbons (Fsp3) is 0.370. The summed E-state index contributed by atoms with van der Waals surface area (Å²) < 4.78 is 12.1. The number of ether oxygens (including phenoxy) is 2. The van der Waals surface area contributed by atoms with E-state index in [2.05, 4.69) is 20.6 Å². The lowest BCUT2D eigenvalue weighted by Crippen LogP contribution is -2.24. The largest absolute Gasteiger partial charge is 0.493 e. The second-order valence-corrected chi connectivity index (χ2v) is 9.14. The Kier molecular flexibility index (Phi) is 7.09. The van der Waals surface area contributed by atoms with E-state index in [9.17, 15) is 4.79 Å². The van der Waals surface area contributed by atoms with E-state index in [-0.39, 0.29) is 5.91 Å². The summed E-state index contributed by atoms with van der Waals surface area (Å²) in [5.41, 5.74) is 10.6. The quantitative estimate of drug-likeness (QED) is 0.473. The molecule has 2 aliphatic heterocycles. The Labute approximate surface area is 205 Å². The summed E-state index contributed by atoms with van der Waals surface area (Å²) in [6.45, 7) is 2.37. The molecule has 8 nitrogen and oxygen atoms in total. The Morgan fingerprint density at radius 3 is 2.83 bits per heavy atom. The van der Waals surface area contributed by atoms with E-state index in [0.29, 0.717) is 48.6 Å². The summed E-state index contributed by atoms with van der Waals surface area (Å²) in [4.78, 5) is 21.5. The van der Waals surface area contributed by atoms with Gasteiger partial charge in [0.25, 0.3) is 5.91 Å². The zero-order chi connectivity index (χ0) is 24.0. The zero-order valence-corrected chi connectivity index (χ0v) is 19.8. The number of hydrogen-bond donors (Lipinski definition) is 3. The normalized spacial score (nSPS) is 16.7. The van der Waals surface area contributed by atoms with Gasteiger partial charge in [-0.15, -0.1) is 0 Å². The number of aromatic nitrogens is 2. The van der Waals surface area contributed by atoms with Gasteiger partial charge in [-0.1, -0.05) is 6.42 Å². The molecule has 1 aliphatic carbocycles. The van der Waals surface area contributed by atoms with Gasteiger partial charge in [0.15, 0.2) is 0 Å². The molecular formula is C27H31N5O3. The van der Waals surface area contributed by atoms with Crippen LogP contribution in [-0.4, -0.2) is 35.6 Å². The summed E-state index contributed by atoms with van der Waals surface area (Å²) in [5, 5.41) is 6.24. The number of fused-ring (bicyclic) bond motifs is 9. The van der Waals surface area contributed by atoms with Gasteiger partial charge in [0.05, 0.1) is 18.9 Å². The van der Waals surface area contributed by atoms with Crippen LogP contribution in [0.4, 0.5) is 17.3 Å². The van der Waals surface area contributed by atoms with Crippen molar-refractivity contribution in [2.75, 3.05) is 30.8 Å². The molecule has 4 N–H and O–H groups in total. The van der Waals surface area contributed by atoms with Crippen molar-refractivity contribution >= 4 is 23.2 Å². The van der Waals surface area contributed by atoms with E-state index in [4.69, 9.17) is 15.2 Å². The molecule has 182 valence electrons. The molecule has 1 saturated carbocycles. The van der Waals surface area contributed by atoms with Gasteiger partial charge in [0.1, 0.15) is 5.75 Å². The molecule has 3 heterocycles. The van der Waals surface area contributed by atoms with Crippen LogP contribution in [0.5, 0.6) is 5.75 Å². The highest BCUT2D eigenvalue weighted by atomic mass is 16.5. The molecule has 0 atom stereocenters. The van der Waals surface area contributed by atoms with Crippen LogP contribution < -0.4 is 21.1 Å². The number of rotatable bonds is 3. The Morgan fingerprint density at radius 1 is 1.09 bits per heavy atom. The predicted molar refractivity (Wildman–Crippen MR) is 136 cm³/mol. The molecule has 0 saturated heterocycles. The van der Waals surface area contributed by atoms with E-state index in [0.717, 1.165) is 42.0 Å². The van der Waals surface area contributed by atoms with Gasteiger partial charge < -0.3 is 25.8 Å². The van der Waals surface area contributed by atoms with Gasteiger partial charge in [0.2, 0.25) is 5.95 Å². The standard InChI is InChI=1S/C27H31N5O3/c28-23-15-19-6-8-22(23)24-10-12-30-27(32-24)31-21-7-9-25(35-16-18-4-3-5-18)20(14-21)17-34-13-2-1-11-29-26(19)33/h6-10,12,14-15,18H,1-5,11,13,16-17,28H2,(H,29,33)(H,30,31,32). The van der Waals surface area contributed by atoms with Crippen molar-refractivity contribution in [1.82, 2.24) is 15.3 Å². The first kappa shape index (κ1) is 23.1. The first-order chi connectivity index (χ1) is 17.2. The highest BCUT2D eigenvalue weighted by molar-refractivity contribution is 5.96. The number of benzene rings is 2. The SMILES string of the molecule is Nc1cc2ccc1-c1ccnc(n1)Nc1ccc(OCC3CCC3)c(c1)COCCCCNC2=O. The van der Waals surface area contributed by atoms with Crippen LogP contribution in [-0.2, 0) is 11.3 Å². The van der Waals surface area contributed by atoms with Crippen LogP contribution in [0.1, 0.15) is 48.0 Å². The lowest BCUT2D eigenvalue weighted by Gasteiger charge is -2.26. The molecule has 0 radical (unpaired) electrons. The molecule has 0 unspecified atom stereocenters. The number of nitrogens with one attached hydrogen (secondary N) is 2. The Bertz CT molecular complexity index is 1200. The number of amides is 1. The highest BCUT2D eigenvalue weighted by Crippen LogP contribution is 2.31. The van der Waals surface area contributed by atoms with Gasteiger partial charge >= 0.3 is 0 Å². The molecule has 6 rings (SSSR count). The monoisotopic (exact) mass is 473 g/mol. The maximum atomic E-state index is 12.5. The van der Waals surface area contributed by atoms with Crippen molar-refractivity contribution in [3.05, 3.63) is 59.8 Å². The third-order valence-corrected chi connectivity index (χ3v) is 6.52. The summed E-state index contributed by atoms with van der Waals surface area (Å²) >= 11 is 0. The number of nitrogens with zero attached hydrogens (tertiary/aromatic N) is 2. The van der Waals surface area contributed by atoms with Crippen molar-refractivity contribution in [3.8, 4) is 17.0 Å². The number of nitrogen functional groups attached to an aromatic ring is 1. The number of carbonyl (C=O) groups excluding carboxylic acids is 1. The maximum Gasteiger partial charge on any atom is 0.251 e. The smallest absolute Gasteiger partial charge is 0.251 e. The summed E-state index contributed by atoms with van der Waals surface area (Å²) in [5.74, 6) is 1.81. The average molecular weight is 474 g/mol. The predicted octanol–water partition coefficient (Wildman–Crippen LogP) is 4.69. The third-order valence-electron chi connectivity index (χ3n) is 6.52. The van der Waals surface area contributed by atoms with E-state index in [1.165, 1.54) is 19.3 Å². The first-order valence-electron chi connectivity index (χ1n) is 12.3. The van der Waals surface area contributed by atoms with Crippen LogP contribution in [0.3, 0.4) is 0 Å². The second-order valence-electron chi connectivity index (χ2n) is 9.14. The minimum Gasteiger partial charge on any atom is -0.493 e. The average Bonchev–Trinajstić information content (AvgIpc) is 2.83. The summed E-state index contributed by atoms with van der Waals surface area (Å²) in [7, 11) is 0. The van der Waals surface area contributed by atoms with Crippen molar-refractivity contribution in [1.29, 1.82) is 0 Å². The molecule has 1 amide bonds. The molecule has 35 heavy (non-hydrogen) atoms. The van der Waals surface area contributed by atoms with E-state index < -0.39 is 0 Å². The topological polar surface area (TPSA) is 111 Å². The van der Waals surface area contributed by atoms with Crippen molar-refractivity contribution in [2.45, 2.75) is 38.7 Å². The maximum absolute atomic E-state index is 12.5. The van der Waals surface area contributed by atoms with E-state index in [1.54, 1.807) is 24.4 Å². The Balaban J connectivity index is 1.42. The molecule has 6 bridgehead atoms. The van der Waals surface area contributed by atoms with Crippen LogP contribution >= 0.6 is 0 Å². The minimum absolute atomic E-state index is 0.142. The molecule has 1 aromatic heterocycles. The Hall–Kier alpha value is -3.65. The lowest BCUT2D eigenvalue weighted by molar-refractivity contribution is 0.0944. The third kappa shape index (κ3) is 5.71. The molecule has 3 aliphatic rings. The van der Waals surface area contributed by atoms with Crippen LogP contribution in [0.25, 0.3) is 11.3 Å². The van der Waals surface area contributed by atoms with Gasteiger partial charge in [-0.2, -0.15) is 0 Å². The van der Waals surface area contributed by atoms with Crippen LogP contribution in [0, 0.1) is 5.92 Å². The lowest BCUT2D eigenvalue weighted by atomic mass is 9.86. The molecule has 1 fully saturated rings. The summed E-state index contributed by atoms with van der Waals surface area (Å²) in [6, 6.07) is 13.1. The van der Waals surface area contributed by atoms with Crippen molar-refractivity contribution < 1.29 is 14.3 Å². The van der Waals surface area contributed by atoms with E-state index >= 15 is 0 Å². The first-order valence-corrected chi connectivity index (χ1v) is 12.3. The molecular weight excluding hydrogens is 442 g/mol. The highest BCUT2D eigenvalue weighted by Gasteiger charge is 2.19. The fourth-order valence-corrected chi connectivity index (χ4v) is 4.23. The van der Waals surface area contributed by atoms with E-state index in [1.807, 2.05) is 24.3 Å². The van der Waals surface area contributed by atoms with Crippen molar-refractivity contribution in [3.63, 3.8) is 0 Å². The summed E-state index contributed by atoms with van der Waals surface area (Å²) in [6.07, 6.45) is 7.13. The Morgan fingerprint density at radius 2 is 2.00 bits per heavy atom. The number of carbonyl (C=O) groups is 1. The number of nitrogens with two attached hydrogens (primary N) is 1. The van der Waals surface area contributed by atoms with Gasteiger partial charge in [-0.25, -0.2) is 9.97 Å². The zero-order valence-electron chi connectivity index (χ0n) is 19.8. The van der Waals surface area contributed by atoms with Crippen LogP contribution in [0.2, 0.25) is 0 Å². The van der Waals surface area contributed by atoms with Crippen LogP contribution in [0.15, 0.2) is 48.7 Å². The van der Waals surface area contributed by atoms with Gasteiger partial charge in [-0.05, 0) is 74.1 Å². The fourth-order valence-electron chi connectivity index (χ4n) is 4.23. The number of anilines is 3. The van der Waals surface area contributed by atoms with Gasteiger partial charge in [0, 0.05) is 47.4 Å². The van der Waals surface area contributed by atoms with Crippen molar-refractivity contribution in [2.24, 2.45) is 5.92 Å². The molecule has 8 heteroatoms. The second kappa shape index (κ2) is 10.7. The number of hydrogen-bond acceptors (Lipinski definition) is 7. The minimum atomic E-state index is -0.142.